The number of halogens is 2. The Hall–Kier alpha value is -2.14. The molecule has 106 valence electrons. The highest BCUT2D eigenvalue weighted by Crippen LogP contribution is 2.23. The van der Waals surface area contributed by atoms with Gasteiger partial charge in [-0.25, -0.2) is 8.78 Å². The molecule has 2 rings (SSSR count). The van der Waals surface area contributed by atoms with Gasteiger partial charge in [0.05, 0.1) is 0 Å². The minimum absolute atomic E-state index is 0.0463. The van der Waals surface area contributed by atoms with Crippen LogP contribution < -0.4 is 15.2 Å². The largest absolute Gasteiger partial charge is 0.490 e. The lowest BCUT2D eigenvalue weighted by atomic mass is 10.2. The quantitative estimate of drug-likeness (QED) is 0.827. The molecule has 0 aliphatic rings. The van der Waals surface area contributed by atoms with Crippen molar-refractivity contribution in [2.45, 2.75) is 6.54 Å². The van der Waals surface area contributed by atoms with Gasteiger partial charge in [-0.15, -0.1) is 0 Å². The summed E-state index contributed by atoms with van der Waals surface area (Å²) in [6.07, 6.45) is 0. The molecule has 0 heterocycles. The predicted octanol–water partition coefficient (Wildman–Crippen LogP) is 2.88. The first-order valence-electron chi connectivity index (χ1n) is 6.19. The monoisotopic (exact) mass is 279 g/mol. The van der Waals surface area contributed by atoms with Crippen molar-refractivity contribution >= 4 is 0 Å². The van der Waals surface area contributed by atoms with Crippen LogP contribution in [0.25, 0.3) is 0 Å². The molecule has 0 amide bonds. The standard InChI is InChI=1S/C15H15F2NO2/c16-13-8-11(10-18)9-14(17)15(13)20-7-6-19-12-4-2-1-3-5-12/h1-5,8-9H,6-7,10,18H2. The van der Waals surface area contributed by atoms with Crippen molar-refractivity contribution in [3.63, 3.8) is 0 Å². The zero-order valence-electron chi connectivity index (χ0n) is 10.8. The summed E-state index contributed by atoms with van der Waals surface area (Å²) in [5.74, 6) is -1.25. The third kappa shape index (κ3) is 3.68. The molecule has 0 aromatic heterocycles. The Labute approximate surface area is 115 Å². The van der Waals surface area contributed by atoms with Crippen LogP contribution in [-0.2, 0) is 6.54 Å². The van der Waals surface area contributed by atoms with E-state index in [1.54, 1.807) is 12.1 Å². The molecule has 2 aromatic carbocycles. The van der Waals surface area contributed by atoms with Crippen molar-refractivity contribution in [3.8, 4) is 11.5 Å². The molecule has 0 fully saturated rings. The third-order valence-corrected chi connectivity index (χ3v) is 2.64. The van der Waals surface area contributed by atoms with E-state index in [2.05, 4.69) is 0 Å². The number of hydrogen-bond acceptors (Lipinski definition) is 3. The van der Waals surface area contributed by atoms with E-state index in [9.17, 15) is 8.78 Å². The zero-order chi connectivity index (χ0) is 14.4. The summed E-state index contributed by atoms with van der Waals surface area (Å²) in [7, 11) is 0. The van der Waals surface area contributed by atoms with E-state index in [-0.39, 0.29) is 19.8 Å². The fraction of sp³-hybridized carbons (Fsp3) is 0.200. The van der Waals surface area contributed by atoms with Crippen LogP contribution in [0, 0.1) is 11.6 Å². The number of nitrogens with two attached hydrogens (primary N) is 1. The van der Waals surface area contributed by atoms with Crippen LogP contribution in [0.5, 0.6) is 11.5 Å². The normalized spacial score (nSPS) is 10.3. The summed E-state index contributed by atoms with van der Waals surface area (Å²) < 4.78 is 37.6. The number of ether oxygens (including phenoxy) is 2. The van der Waals surface area contributed by atoms with Crippen molar-refractivity contribution < 1.29 is 18.3 Å². The molecule has 0 atom stereocenters. The van der Waals surface area contributed by atoms with Gasteiger partial charge in [-0.1, -0.05) is 18.2 Å². The first-order chi connectivity index (χ1) is 9.70. The lowest BCUT2D eigenvalue weighted by molar-refractivity contribution is 0.205. The maximum atomic E-state index is 13.6. The molecule has 0 radical (unpaired) electrons. The van der Waals surface area contributed by atoms with Crippen molar-refractivity contribution in [1.29, 1.82) is 0 Å². The van der Waals surface area contributed by atoms with E-state index < -0.39 is 17.4 Å². The second-order valence-electron chi connectivity index (χ2n) is 4.10. The molecule has 3 nitrogen and oxygen atoms in total. The average molecular weight is 279 g/mol. The van der Waals surface area contributed by atoms with E-state index in [0.29, 0.717) is 11.3 Å². The highest BCUT2D eigenvalue weighted by molar-refractivity contribution is 5.31. The smallest absolute Gasteiger partial charge is 0.190 e. The van der Waals surface area contributed by atoms with E-state index in [4.69, 9.17) is 15.2 Å². The lowest BCUT2D eigenvalue weighted by Crippen LogP contribution is -2.11. The molecule has 5 heteroatoms. The van der Waals surface area contributed by atoms with Crippen LogP contribution in [0.4, 0.5) is 8.78 Å². The molecule has 0 saturated heterocycles. The van der Waals surface area contributed by atoms with Crippen LogP contribution in [0.3, 0.4) is 0 Å². The Balaban J connectivity index is 1.88. The van der Waals surface area contributed by atoms with Gasteiger partial charge < -0.3 is 15.2 Å². The SMILES string of the molecule is NCc1cc(F)c(OCCOc2ccccc2)c(F)c1. The van der Waals surface area contributed by atoms with E-state index in [1.165, 1.54) is 0 Å². The summed E-state index contributed by atoms with van der Waals surface area (Å²) in [4.78, 5) is 0. The molecular weight excluding hydrogens is 264 g/mol. The Morgan fingerprint density at radius 1 is 0.900 bits per heavy atom. The third-order valence-electron chi connectivity index (χ3n) is 2.64. The van der Waals surface area contributed by atoms with Gasteiger partial charge in [0.1, 0.15) is 19.0 Å². The van der Waals surface area contributed by atoms with Crippen molar-refractivity contribution in [3.05, 3.63) is 59.7 Å². The van der Waals surface area contributed by atoms with Gasteiger partial charge in [-0.2, -0.15) is 0 Å². The lowest BCUT2D eigenvalue weighted by Gasteiger charge is -2.10. The van der Waals surface area contributed by atoms with Gasteiger partial charge in [0.2, 0.25) is 0 Å². The highest BCUT2D eigenvalue weighted by Gasteiger charge is 2.12. The number of hydrogen-bond donors (Lipinski definition) is 1. The zero-order valence-corrected chi connectivity index (χ0v) is 10.8. The molecule has 0 saturated carbocycles. The summed E-state index contributed by atoms with van der Waals surface area (Å²) in [6, 6.07) is 11.4. The van der Waals surface area contributed by atoms with E-state index in [0.717, 1.165) is 12.1 Å². The van der Waals surface area contributed by atoms with Gasteiger partial charge >= 0.3 is 0 Å². The topological polar surface area (TPSA) is 44.5 Å². The maximum Gasteiger partial charge on any atom is 0.190 e. The predicted molar refractivity (Wildman–Crippen MR) is 71.7 cm³/mol. The molecule has 0 aliphatic heterocycles. The Morgan fingerprint density at radius 3 is 2.10 bits per heavy atom. The van der Waals surface area contributed by atoms with Crippen LogP contribution in [-0.4, -0.2) is 13.2 Å². The average Bonchev–Trinajstić information content (AvgIpc) is 2.46. The molecule has 0 unspecified atom stereocenters. The highest BCUT2D eigenvalue weighted by atomic mass is 19.1. The summed E-state index contributed by atoms with van der Waals surface area (Å²) in [5, 5.41) is 0. The number of benzene rings is 2. The fourth-order valence-corrected chi connectivity index (χ4v) is 1.69. The Bertz CT molecular complexity index is 538. The second-order valence-corrected chi connectivity index (χ2v) is 4.10. The summed E-state index contributed by atoms with van der Waals surface area (Å²) in [6.45, 7) is 0.317. The molecule has 0 bridgehead atoms. The molecule has 20 heavy (non-hydrogen) atoms. The van der Waals surface area contributed by atoms with Crippen LogP contribution in [0.2, 0.25) is 0 Å². The van der Waals surface area contributed by atoms with Gasteiger partial charge in [-0.05, 0) is 29.8 Å². The van der Waals surface area contributed by atoms with Crippen LogP contribution in [0.1, 0.15) is 5.56 Å². The minimum atomic E-state index is -0.759. The first kappa shape index (κ1) is 14.3. The van der Waals surface area contributed by atoms with Gasteiger partial charge in [0.15, 0.2) is 17.4 Å². The van der Waals surface area contributed by atoms with Gasteiger partial charge in [0.25, 0.3) is 0 Å². The Morgan fingerprint density at radius 2 is 1.50 bits per heavy atom. The van der Waals surface area contributed by atoms with Gasteiger partial charge in [-0.3, -0.25) is 0 Å². The maximum absolute atomic E-state index is 13.6. The molecule has 2 N–H and O–H groups in total. The molecule has 2 aromatic rings. The van der Waals surface area contributed by atoms with Crippen LogP contribution >= 0.6 is 0 Å². The number of para-hydroxylation sites is 1. The summed E-state index contributed by atoms with van der Waals surface area (Å²) in [5.41, 5.74) is 5.71. The number of rotatable bonds is 6. The van der Waals surface area contributed by atoms with E-state index >= 15 is 0 Å². The van der Waals surface area contributed by atoms with Crippen molar-refractivity contribution in [2.75, 3.05) is 13.2 Å². The summed E-state index contributed by atoms with van der Waals surface area (Å²) >= 11 is 0. The Kier molecular flexibility index (Phi) is 4.90. The second kappa shape index (κ2) is 6.86. The van der Waals surface area contributed by atoms with E-state index in [1.807, 2.05) is 18.2 Å². The first-order valence-corrected chi connectivity index (χ1v) is 6.19. The van der Waals surface area contributed by atoms with Crippen LogP contribution in [0.15, 0.2) is 42.5 Å². The van der Waals surface area contributed by atoms with Crippen molar-refractivity contribution in [2.24, 2.45) is 5.73 Å². The van der Waals surface area contributed by atoms with Crippen molar-refractivity contribution in [1.82, 2.24) is 0 Å². The molecular formula is C15H15F2NO2. The minimum Gasteiger partial charge on any atom is -0.490 e. The fourth-order valence-electron chi connectivity index (χ4n) is 1.69. The van der Waals surface area contributed by atoms with Gasteiger partial charge in [0, 0.05) is 6.54 Å². The molecule has 0 aliphatic carbocycles. The molecule has 0 spiro atoms.